The molecule has 108 valence electrons. The van der Waals surface area contributed by atoms with Crippen LogP contribution >= 0.6 is 0 Å². The van der Waals surface area contributed by atoms with Crippen LogP contribution in [0.5, 0.6) is 0 Å². The summed E-state index contributed by atoms with van der Waals surface area (Å²) in [5, 5.41) is 0. The summed E-state index contributed by atoms with van der Waals surface area (Å²) in [6, 6.07) is 3.40. The molecule has 20 heavy (non-hydrogen) atoms. The van der Waals surface area contributed by atoms with Gasteiger partial charge in [0.15, 0.2) is 5.76 Å². The van der Waals surface area contributed by atoms with Gasteiger partial charge in [-0.2, -0.15) is 0 Å². The van der Waals surface area contributed by atoms with Gasteiger partial charge < -0.3 is 14.2 Å². The van der Waals surface area contributed by atoms with Gasteiger partial charge in [0.1, 0.15) is 0 Å². The highest BCUT2D eigenvalue weighted by atomic mass is 16.3. The molecule has 5 nitrogen and oxygen atoms in total. The molecule has 2 heterocycles. The van der Waals surface area contributed by atoms with Crippen LogP contribution in [-0.4, -0.2) is 47.8 Å². The van der Waals surface area contributed by atoms with Gasteiger partial charge in [0, 0.05) is 32.1 Å². The molecule has 1 aliphatic carbocycles. The topological polar surface area (TPSA) is 53.8 Å². The van der Waals surface area contributed by atoms with Crippen molar-refractivity contribution in [1.29, 1.82) is 0 Å². The highest BCUT2D eigenvalue weighted by molar-refractivity contribution is 5.91. The maximum Gasteiger partial charge on any atom is 0.289 e. The van der Waals surface area contributed by atoms with Gasteiger partial charge in [0.25, 0.3) is 5.91 Å². The Morgan fingerprint density at radius 2 is 1.80 bits per heavy atom. The zero-order chi connectivity index (χ0) is 13.9. The normalized spacial score (nSPS) is 20.4. The number of rotatable bonds is 2. The Balaban J connectivity index is 1.59. The summed E-state index contributed by atoms with van der Waals surface area (Å²) in [5.74, 6) is 0.822. The van der Waals surface area contributed by atoms with Crippen LogP contribution < -0.4 is 0 Å². The van der Waals surface area contributed by atoms with Crippen LogP contribution in [0.2, 0.25) is 0 Å². The molecule has 0 unspecified atom stereocenters. The first-order chi connectivity index (χ1) is 9.75. The van der Waals surface area contributed by atoms with Crippen molar-refractivity contribution in [1.82, 2.24) is 9.80 Å². The molecule has 0 radical (unpaired) electrons. The molecule has 1 saturated carbocycles. The standard InChI is InChI=1S/C15H20N2O3/c18-14(12-4-1-5-12)16-7-3-8-17(10-9-16)15(19)13-6-2-11-20-13/h2,6,11-12H,1,3-5,7-10H2. The van der Waals surface area contributed by atoms with E-state index in [9.17, 15) is 9.59 Å². The Hall–Kier alpha value is -1.78. The molecule has 3 rings (SSSR count). The first kappa shape index (κ1) is 13.2. The van der Waals surface area contributed by atoms with Gasteiger partial charge in [-0.05, 0) is 31.4 Å². The molecular weight excluding hydrogens is 256 g/mol. The number of hydrogen-bond acceptors (Lipinski definition) is 3. The van der Waals surface area contributed by atoms with Crippen molar-refractivity contribution in [3.05, 3.63) is 24.2 Å². The average Bonchev–Trinajstić information content (AvgIpc) is 2.80. The zero-order valence-electron chi connectivity index (χ0n) is 11.6. The predicted octanol–water partition coefficient (Wildman–Crippen LogP) is 1.75. The molecule has 0 atom stereocenters. The summed E-state index contributed by atoms with van der Waals surface area (Å²) < 4.78 is 5.16. The molecule has 5 heteroatoms. The number of hydrogen-bond donors (Lipinski definition) is 0. The van der Waals surface area contributed by atoms with Crippen LogP contribution in [0.1, 0.15) is 36.2 Å². The predicted molar refractivity (Wildman–Crippen MR) is 73.1 cm³/mol. The number of carbonyl (C=O) groups excluding carboxylic acids is 2. The molecule has 1 saturated heterocycles. The fraction of sp³-hybridized carbons (Fsp3) is 0.600. The third-order valence-electron chi connectivity index (χ3n) is 4.28. The van der Waals surface area contributed by atoms with Crippen LogP contribution in [0.3, 0.4) is 0 Å². The Bertz CT molecular complexity index is 479. The van der Waals surface area contributed by atoms with Crippen molar-refractivity contribution < 1.29 is 14.0 Å². The smallest absolute Gasteiger partial charge is 0.289 e. The lowest BCUT2D eigenvalue weighted by atomic mass is 9.84. The van der Waals surface area contributed by atoms with Gasteiger partial charge in [-0.25, -0.2) is 0 Å². The summed E-state index contributed by atoms with van der Waals surface area (Å²) >= 11 is 0. The lowest BCUT2D eigenvalue weighted by Gasteiger charge is -2.30. The van der Waals surface area contributed by atoms with Gasteiger partial charge in [0.2, 0.25) is 5.91 Å². The highest BCUT2D eigenvalue weighted by Crippen LogP contribution is 2.28. The molecular formula is C15H20N2O3. The Morgan fingerprint density at radius 3 is 2.45 bits per heavy atom. The number of carbonyl (C=O) groups is 2. The molecule has 0 aromatic carbocycles. The van der Waals surface area contributed by atoms with Gasteiger partial charge in [-0.15, -0.1) is 0 Å². The Morgan fingerprint density at radius 1 is 1.05 bits per heavy atom. The van der Waals surface area contributed by atoms with Crippen LogP contribution in [-0.2, 0) is 4.79 Å². The molecule has 2 fully saturated rings. The zero-order valence-corrected chi connectivity index (χ0v) is 11.6. The lowest BCUT2D eigenvalue weighted by molar-refractivity contribution is -0.138. The molecule has 0 bridgehead atoms. The summed E-state index contributed by atoms with van der Waals surface area (Å²) in [7, 11) is 0. The van der Waals surface area contributed by atoms with Crippen molar-refractivity contribution in [3.63, 3.8) is 0 Å². The second kappa shape index (κ2) is 5.69. The summed E-state index contributed by atoms with van der Waals surface area (Å²) in [5.41, 5.74) is 0. The summed E-state index contributed by atoms with van der Waals surface area (Å²) in [4.78, 5) is 28.2. The molecule has 0 N–H and O–H groups in total. The molecule has 1 aromatic rings. The second-order valence-electron chi connectivity index (χ2n) is 5.58. The Kier molecular flexibility index (Phi) is 3.76. The van der Waals surface area contributed by atoms with Crippen molar-refractivity contribution in [2.24, 2.45) is 5.92 Å². The van der Waals surface area contributed by atoms with E-state index in [4.69, 9.17) is 4.42 Å². The molecule has 1 aromatic heterocycles. The van der Waals surface area contributed by atoms with E-state index in [1.165, 1.54) is 12.7 Å². The third-order valence-corrected chi connectivity index (χ3v) is 4.28. The molecule has 2 amide bonds. The van der Waals surface area contributed by atoms with Gasteiger partial charge in [-0.1, -0.05) is 6.42 Å². The number of furan rings is 1. The summed E-state index contributed by atoms with van der Waals surface area (Å²) in [6.07, 6.45) is 5.59. The fourth-order valence-electron chi connectivity index (χ4n) is 2.81. The van der Waals surface area contributed by atoms with E-state index in [0.29, 0.717) is 25.4 Å². The quantitative estimate of drug-likeness (QED) is 0.827. The highest BCUT2D eigenvalue weighted by Gasteiger charge is 2.31. The van der Waals surface area contributed by atoms with E-state index in [0.717, 1.165) is 25.8 Å². The molecule has 1 aliphatic heterocycles. The van der Waals surface area contributed by atoms with E-state index >= 15 is 0 Å². The first-order valence-electron chi connectivity index (χ1n) is 7.37. The SMILES string of the molecule is O=C(c1ccco1)N1CCCN(C(=O)C2CCC2)CC1. The maximum absolute atomic E-state index is 12.2. The number of amides is 2. The monoisotopic (exact) mass is 276 g/mol. The first-order valence-corrected chi connectivity index (χ1v) is 7.37. The van der Waals surface area contributed by atoms with Gasteiger partial charge in [0.05, 0.1) is 6.26 Å². The average molecular weight is 276 g/mol. The lowest BCUT2D eigenvalue weighted by Crippen LogP contribution is -2.41. The summed E-state index contributed by atoms with van der Waals surface area (Å²) in [6.45, 7) is 2.69. The molecule has 2 aliphatic rings. The van der Waals surface area contributed by atoms with Crippen LogP contribution in [0.4, 0.5) is 0 Å². The van der Waals surface area contributed by atoms with Crippen molar-refractivity contribution in [2.75, 3.05) is 26.2 Å². The van der Waals surface area contributed by atoms with E-state index in [2.05, 4.69) is 0 Å². The Labute approximate surface area is 118 Å². The molecule has 0 spiro atoms. The van der Waals surface area contributed by atoms with E-state index in [-0.39, 0.29) is 17.7 Å². The van der Waals surface area contributed by atoms with E-state index in [1.54, 1.807) is 17.0 Å². The van der Waals surface area contributed by atoms with Crippen molar-refractivity contribution >= 4 is 11.8 Å². The van der Waals surface area contributed by atoms with Gasteiger partial charge >= 0.3 is 0 Å². The maximum atomic E-state index is 12.2. The fourth-order valence-corrected chi connectivity index (χ4v) is 2.81. The third kappa shape index (κ3) is 2.57. The minimum Gasteiger partial charge on any atom is -0.459 e. The largest absolute Gasteiger partial charge is 0.459 e. The minimum atomic E-state index is -0.0760. The van der Waals surface area contributed by atoms with Crippen LogP contribution in [0, 0.1) is 5.92 Å². The van der Waals surface area contributed by atoms with E-state index in [1.807, 2.05) is 4.90 Å². The number of nitrogens with zero attached hydrogens (tertiary/aromatic N) is 2. The minimum absolute atomic E-state index is 0.0760. The van der Waals surface area contributed by atoms with Crippen LogP contribution in [0.15, 0.2) is 22.8 Å². The van der Waals surface area contributed by atoms with Crippen LogP contribution in [0.25, 0.3) is 0 Å². The second-order valence-corrected chi connectivity index (χ2v) is 5.58. The van der Waals surface area contributed by atoms with Gasteiger partial charge in [-0.3, -0.25) is 9.59 Å². The van der Waals surface area contributed by atoms with E-state index < -0.39 is 0 Å². The van der Waals surface area contributed by atoms with Crippen molar-refractivity contribution in [3.8, 4) is 0 Å². The van der Waals surface area contributed by atoms with Crippen molar-refractivity contribution in [2.45, 2.75) is 25.7 Å².